The van der Waals surface area contributed by atoms with Crippen LogP contribution in [-0.2, 0) is 15.7 Å². The summed E-state index contributed by atoms with van der Waals surface area (Å²) >= 11 is 0. The van der Waals surface area contributed by atoms with Gasteiger partial charge in [0.1, 0.15) is 11.9 Å². The molecule has 0 amide bonds. The summed E-state index contributed by atoms with van der Waals surface area (Å²) in [6.07, 6.45) is -4.63. The van der Waals surface area contributed by atoms with Gasteiger partial charge in [-0.1, -0.05) is 0 Å². The Labute approximate surface area is 94.2 Å². The van der Waals surface area contributed by atoms with E-state index in [-0.39, 0.29) is 0 Å². The molecule has 0 spiro atoms. The molecule has 0 heterocycles. The molecule has 94 valence electrons. The molecule has 0 unspecified atom stereocenters. The smallest absolute Gasteiger partial charge is 0.416 e. The highest BCUT2D eigenvalue weighted by molar-refractivity contribution is 5.77. The second-order valence-corrected chi connectivity index (χ2v) is 3.23. The van der Waals surface area contributed by atoms with Crippen molar-refractivity contribution in [2.75, 3.05) is 7.11 Å². The van der Waals surface area contributed by atoms with E-state index in [1.54, 1.807) is 0 Å². The van der Waals surface area contributed by atoms with Gasteiger partial charge in [0.05, 0.1) is 12.7 Å². The van der Waals surface area contributed by atoms with Crippen molar-refractivity contribution in [3.8, 4) is 0 Å². The summed E-state index contributed by atoms with van der Waals surface area (Å²) in [5.74, 6) is -2.00. The van der Waals surface area contributed by atoms with Crippen LogP contribution in [0.15, 0.2) is 18.2 Å². The predicted octanol–water partition coefficient (Wildman–Crippen LogP) is 2.02. The first-order valence-electron chi connectivity index (χ1n) is 4.47. The largest absolute Gasteiger partial charge is 0.468 e. The number of nitrogens with two attached hydrogens (primary N) is 1. The summed E-state index contributed by atoms with van der Waals surface area (Å²) in [4.78, 5) is 11.0. The summed E-state index contributed by atoms with van der Waals surface area (Å²) in [6.45, 7) is 0. The average Bonchev–Trinajstić information content (AvgIpc) is 2.26. The molecule has 3 nitrogen and oxygen atoms in total. The Kier molecular flexibility index (Phi) is 3.72. The van der Waals surface area contributed by atoms with Crippen LogP contribution >= 0.6 is 0 Å². The van der Waals surface area contributed by atoms with E-state index in [0.717, 1.165) is 7.11 Å². The Morgan fingerprint density at radius 3 is 2.47 bits per heavy atom. The minimum absolute atomic E-state index is 0.497. The second-order valence-electron chi connectivity index (χ2n) is 3.23. The molecule has 0 aliphatic rings. The molecule has 0 saturated carbocycles. The SMILES string of the molecule is COC(=O)[C@H](N)c1cc(C(F)(F)F)ccc1F. The molecule has 1 aromatic rings. The van der Waals surface area contributed by atoms with Crippen LogP contribution in [0.2, 0.25) is 0 Å². The molecule has 0 bridgehead atoms. The van der Waals surface area contributed by atoms with E-state index in [9.17, 15) is 22.4 Å². The number of esters is 1. The van der Waals surface area contributed by atoms with Gasteiger partial charge in [-0.15, -0.1) is 0 Å². The highest BCUT2D eigenvalue weighted by atomic mass is 19.4. The predicted molar refractivity (Wildman–Crippen MR) is 50.3 cm³/mol. The fourth-order valence-electron chi connectivity index (χ4n) is 1.21. The topological polar surface area (TPSA) is 52.3 Å². The standard InChI is InChI=1S/C10H9F4NO2/c1-17-9(16)8(15)6-4-5(10(12,13)14)2-3-7(6)11/h2-4,8H,15H2,1H3/t8-/m1/s1. The number of hydrogen-bond donors (Lipinski definition) is 1. The molecule has 0 aliphatic carbocycles. The van der Waals surface area contributed by atoms with Gasteiger partial charge in [0, 0.05) is 5.56 Å². The number of rotatable bonds is 2. The first-order chi connectivity index (χ1) is 7.77. The first kappa shape index (κ1) is 13.4. The molecular formula is C10H9F4NO2. The van der Waals surface area contributed by atoms with Gasteiger partial charge in [-0.3, -0.25) is 4.79 Å². The third-order valence-electron chi connectivity index (χ3n) is 2.11. The van der Waals surface area contributed by atoms with Gasteiger partial charge in [-0.2, -0.15) is 13.2 Å². The number of benzene rings is 1. The van der Waals surface area contributed by atoms with Crippen molar-refractivity contribution >= 4 is 5.97 Å². The summed E-state index contributed by atoms with van der Waals surface area (Å²) < 4.78 is 54.6. The zero-order chi connectivity index (χ0) is 13.2. The summed E-state index contributed by atoms with van der Waals surface area (Å²) in [6, 6.07) is 0.100. The zero-order valence-electron chi connectivity index (χ0n) is 8.72. The molecule has 0 radical (unpaired) electrons. The summed E-state index contributed by atoms with van der Waals surface area (Å²) in [7, 11) is 1.01. The molecule has 0 fully saturated rings. The second kappa shape index (κ2) is 4.70. The normalized spacial score (nSPS) is 13.3. The van der Waals surface area contributed by atoms with Crippen LogP contribution in [0.1, 0.15) is 17.2 Å². The lowest BCUT2D eigenvalue weighted by atomic mass is 10.0. The Morgan fingerprint density at radius 2 is 2.00 bits per heavy atom. The van der Waals surface area contributed by atoms with Crippen molar-refractivity contribution in [1.82, 2.24) is 0 Å². The van der Waals surface area contributed by atoms with Gasteiger partial charge in [-0.25, -0.2) is 4.39 Å². The Hall–Kier alpha value is -1.63. The monoisotopic (exact) mass is 251 g/mol. The summed E-state index contributed by atoms with van der Waals surface area (Å²) in [5, 5.41) is 0. The highest BCUT2D eigenvalue weighted by Gasteiger charge is 2.32. The minimum atomic E-state index is -4.63. The van der Waals surface area contributed by atoms with Gasteiger partial charge in [0.15, 0.2) is 0 Å². The Balaban J connectivity index is 3.20. The molecule has 0 aliphatic heterocycles. The van der Waals surface area contributed by atoms with Crippen LogP contribution in [0.3, 0.4) is 0 Å². The van der Waals surface area contributed by atoms with E-state index in [1.807, 2.05) is 0 Å². The van der Waals surface area contributed by atoms with Gasteiger partial charge in [0.2, 0.25) is 0 Å². The van der Waals surface area contributed by atoms with Crippen LogP contribution in [0, 0.1) is 5.82 Å². The molecule has 17 heavy (non-hydrogen) atoms. The number of methoxy groups -OCH3 is 1. The van der Waals surface area contributed by atoms with Crippen LogP contribution in [0.4, 0.5) is 17.6 Å². The number of halogens is 4. The lowest BCUT2D eigenvalue weighted by molar-refractivity contribution is -0.143. The minimum Gasteiger partial charge on any atom is -0.468 e. The maximum absolute atomic E-state index is 13.2. The third kappa shape index (κ3) is 2.94. The zero-order valence-corrected chi connectivity index (χ0v) is 8.72. The van der Waals surface area contributed by atoms with Gasteiger partial charge in [0.25, 0.3) is 0 Å². The van der Waals surface area contributed by atoms with E-state index in [2.05, 4.69) is 4.74 Å². The molecular weight excluding hydrogens is 242 g/mol. The summed E-state index contributed by atoms with van der Waals surface area (Å²) in [5.41, 5.74) is 3.66. The van der Waals surface area contributed by atoms with Gasteiger partial charge in [-0.05, 0) is 18.2 Å². The Bertz CT molecular complexity index is 431. The van der Waals surface area contributed by atoms with Crippen molar-refractivity contribution in [3.63, 3.8) is 0 Å². The van der Waals surface area contributed by atoms with E-state index in [1.165, 1.54) is 0 Å². The maximum atomic E-state index is 13.2. The number of ether oxygens (including phenoxy) is 1. The first-order valence-corrected chi connectivity index (χ1v) is 4.47. The van der Waals surface area contributed by atoms with Crippen molar-refractivity contribution < 1.29 is 27.1 Å². The lowest BCUT2D eigenvalue weighted by Crippen LogP contribution is -2.24. The Morgan fingerprint density at radius 1 is 1.41 bits per heavy atom. The average molecular weight is 251 g/mol. The number of alkyl halides is 3. The number of carbonyl (C=O) groups is 1. The van der Waals surface area contributed by atoms with E-state index in [4.69, 9.17) is 5.73 Å². The lowest BCUT2D eigenvalue weighted by Gasteiger charge is -2.13. The van der Waals surface area contributed by atoms with E-state index < -0.39 is 35.1 Å². The van der Waals surface area contributed by atoms with Crippen molar-refractivity contribution in [2.24, 2.45) is 5.73 Å². The van der Waals surface area contributed by atoms with Crippen molar-refractivity contribution in [1.29, 1.82) is 0 Å². The fraction of sp³-hybridized carbons (Fsp3) is 0.300. The molecule has 0 aromatic heterocycles. The quantitative estimate of drug-likeness (QED) is 0.646. The van der Waals surface area contributed by atoms with Crippen LogP contribution in [0.25, 0.3) is 0 Å². The highest BCUT2D eigenvalue weighted by Crippen LogP contribution is 2.31. The van der Waals surface area contributed by atoms with Crippen LogP contribution in [-0.4, -0.2) is 13.1 Å². The van der Waals surface area contributed by atoms with Gasteiger partial charge < -0.3 is 10.5 Å². The molecule has 1 aromatic carbocycles. The van der Waals surface area contributed by atoms with Crippen molar-refractivity contribution in [2.45, 2.75) is 12.2 Å². The van der Waals surface area contributed by atoms with Crippen LogP contribution in [0.5, 0.6) is 0 Å². The molecule has 1 atom stereocenters. The van der Waals surface area contributed by atoms with E-state index >= 15 is 0 Å². The number of carbonyl (C=O) groups excluding carboxylic acids is 1. The van der Waals surface area contributed by atoms with E-state index in [0.29, 0.717) is 18.2 Å². The third-order valence-corrected chi connectivity index (χ3v) is 2.11. The van der Waals surface area contributed by atoms with Gasteiger partial charge >= 0.3 is 12.1 Å². The molecule has 2 N–H and O–H groups in total. The number of hydrogen-bond acceptors (Lipinski definition) is 3. The maximum Gasteiger partial charge on any atom is 0.416 e. The molecule has 7 heteroatoms. The molecule has 0 saturated heterocycles. The fourth-order valence-corrected chi connectivity index (χ4v) is 1.21. The van der Waals surface area contributed by atoms with Crippen LogP contribution < -0.4 is 5.73 Å². The van der Waals surface area contributed by atoms with Crippen molar-refractivity contribution in [3.05, 3.63) is 35.1 Å². The molecule has 1 rings (SSSR count).